The first kappa shape index (κ1) is 14.9. The molecular formula is C13H15ClF3NS. The van der Waals surface area contributed by atoms with Crippen LogP contribution in [0.4, 0.5) is 18.9 Å². The SMILES string of the molecule is CC1CSCCN1c1ccc(CCl)c(C(F)(F)F)c1. The maximum Gasteiger partial charge on any atom is 0.416 e. The van der Waals surface area contributed by atoms with Crippen LogP contribution in [0, 0.1) is 0 Å². The summed E-state index contributed by atoms with van der Waals surface area (Å²) in [7, 11) is 0. The molecule has 1 fully saturated rings. The number of alkyl halides is 4. The predicted molar refractivity (Wildman–Crippen MR) is 75.1 cm³/mol. The summed E-state index contributed by atoms with van der Waals surface area (Å²) in [6.07, 6.45) is -4.35. The molecule has 1 heterocycles. The molecule has 1 aromatic carbocycles. The molecule has 0 N–H and O–H groups in total. The summed E-state index contributed by atoms with van der Waals surface area (Å²) in [6.45, 7) is 2.82. The molecule has 0 spiro atoms. The summed E-state index contributed by atoms with van der Waals surface area (Å²) in [4.78, 5) is 2.03. The van der Waals surface area contributed by atoms with Crippen molar-refractivity contribution in [3.05, 3.63) is 29.3 Å². The molecule has 2 rings (SSSR count). The topological polar surface area (TPSA) is 3.24 Å². The Hall–Kier alpha value is -0.550. The molecule has 1 nitrogen and oxygen atoms in total. The highest BCUT2D eigenvalue weighted by molar-refractivity contribution is 7.99. The van der Waals surface area contributed by atoms with Crippen LogP contribution in [0.15, 0.2) is 18.2 Å². The van der Waals surface area contributed by atoms with Crippen LogP contribution in [0.1, 0.15) is 18.1 Å². The van der Waals surface area contributed by atoms with E-state index in [-0.39, 0.29) is 17.5 Å². The predicted octanol–water partition coefficient (Wildman–Crippen LogP) is 4.39. The van der Waals surface area contributed by atoms with Gasteiger partial charge in [-0.15, -0.1) is 11.6 Å². The van der Waals surface area contributed by atoms with E-state index in [2.05, 4.69) is 0 Å². The monoisotopic (exact) mass is 309 g/mol. The Morgan fingerprint density at radius 2 is 2.16 bits per heavy atom. The van der Waals surface area contributed by atoms with Crippen molar-refractivity contribution in [2.24, 2.45) is 0 Å². The van der Waals surface area contributed by atoms with Crippen LogP contribution in [0.3, 0.4) is 0 Å². The van der Waals surface area contributed by atoms with Crippen LogP contribution in [-0.2, 0) is 12.1 Å². The second-order valence-electron chi connectivity index (χ2n) is 4.59. The van der Waals surface area contributed by atoms with E-state index in [9.17, 15) is 13.2 Å². The Morgan fingerprint density at radius 3 is 2.74 bits per heavy atom. The molecule has 0 amide bonds. The first-order valence-electron chi connectivity index (χ1n) is 6.04. The van der Waals surface area contributed by atoms with Crippen molar-refractivity contribution in [2.75, 3.05) is 23.0 Å². The Kier molecular flexibility index (Phi) is 4.56. The molecule has 1 saturated heterocycles. The largest absolute Gasteiger partial charge is 0.416 e. The lowest BCUT2D eigenvalue weighted by atomic mass is 10.1. The Balaban J connectivity index is 2.37. The summed E-state index contributed by atoms with van der Waals surface area (Å²) in [5.41, 5.74) is 0.149. The zero-order valence-electron chi connectivity index (χ0n) is 10.5. The molecule has 1 aliphatic heterocycles. The summed E-state index contributed by atoms with van der Waals surface area (Å²) >= 11 is 7.42. The zero-order valence-corrected chi connectivity index (χ0v) is 12.1. The number of rotatable bonds is 2. The van der Waals surface area contributed by atoms with Gasteiger partial charge in [-0.3, -0.25) is 0 Å². The third kappa shape index (κ3) is 3.31. The zero-order chi connectivity index (χ0) is 14.0. The molecule has 0 radical (unpaired) electrons. The molecule has 0 bridgehead atoms. The van der Waals surface area contributed by atoms with Gasteiger partial charge in [-0.25, -0.2) is 0 Å². The van der Waals surface area contributed by atoms with E-state index in [1.807, 2.05) is 23.6 Å². The molecule has 19 heavy (non-hydrogen) atoms. The molecule has 1 aromatic rings. The standard InChI is InChI=1S/C13H15ClF3NS/c1-9-8-19-5-4-18(9)11-3-2-10(7-14)12(6-11)13(15,16)17/h2-3,6,9H,4-5,7-8H2,1H3. The van der Waals surface area contributed by atoms with Gasteiger partial charge in [0, 0.05) is 35.7 Å². The maximum absolute atomic E-state index is 13.0. The van der Waals surface area contributed by atoms with Gasteiger partial charge in [0.1, 0.15) is 0 Å². The van der Waals surface area contributed by atoms with Gasteiger partial charge in [-0.1, -0.05) is 6.07 Å². The fourth-order valence-corrected chi connectivity index (χ4v) is 3.48. The number of benzene rings is 1. The van der Waals surface area contributed by atoms with Crippen molar-refractivity contribution in [1.82, 2.24) is 0 Å². The lowest BCUT2D eigenvalue weighted by molar-refractivity contribution is -0.138. The maximum atomic E-state index is 13.0. The van der Waals surface area contributed by atoms with Crippen LogP contribution in [0.5, 0.6) is 0 Å². The van der Waals surface area contributed by atoms with E-state index >= 15 is 0 Å². The average Bonchev–Trinajstić information content (AvgIpc) is 2.37. The fourth-order valence-electron chi connectivity index (χ4n) is 2.23. The second-order valence-corrected chi connectivity index (χ2v) is 6.01. The molecule has 0 aromatic heterocycles. The third-order valence-corrected chi connectivity index (χ3v) is 4.72. The normalized spacial score (nSPS) is 20.7. The number of hydrogen-bond donors (Lipinski definition) is 0. The van der Waals surface area contributed by atoms with Crippen LogP contribution in [0.25, 0.3) is 0 Å². The Bertz CT molecular complexity index is 450. The minimum Gasteiger partial charge on any atom is -0.367 e. The van der Waals surface area contributed by atoms with Gasteiger partial charge in [0.2, 0.25) is 0 Å². The summed E-state index contributed by atoms with van der Waals surface area (Å²) < 4.78 is 39.0. The molecule has 6 heteroatoms. The molecular weight excluding hydrogens is 295 g/mol. The highest BCUT2D eigenvalue weighted by Crippen LogP contribution is 2.36. The van der Waals surface area contributed by atoms with Crippen molar-refractivity contribution >= 4 is 29.1 Å². The van der Waals surface area contributed by atoms with Crippen LogP contribution >= 0.6 is 23.4 Å². The second kappa shape index (κ2) is 5.83. The first-order chi connectivity index (χ1) is 8.93. The van der Waals surface area contributed by atoms with Crippen molar-refractivity contribution in [2.45, 2.75) is 25.0 Å². The summed E-state index contributed by atoms with van der Waals surface area (Å²) in [5, 5.41) is 0. The number of halogens is 4. The van der Waals surface area contributed by atoms with Crippen LogP contribution < -0.4 is 4.90 Å². The molecule has 1 atom stereocenters. The van der Waals surface area contributed by atoms with E-state index in [1.165, 1.54) is 12.1 Å². The van der Waals surface area contributed by atoms with E-state index in [4.69, 9.17) is 11.6 Å². The van der Waals surface area contributed by atoms with E-state index < -0.39 is 11.7 Å². The van der Waals surface area contributed by atoms with Gasteiger partial charge in [-0.2, -0.15) is 24.9 Å². The van der Waals surface area contributed by atoms with Gasteiger partial charge in [0.05, 0.1) is 5.56 Å². The smallest absolute Gasteiger partial charge is 0.367 e. The third-order valence-electron chi connectivity index (χ3n) is 3.24. The van der Waals surface area contributed by atoms with E-state index in [0.717, 1.165) is 18.1 Å². The van der Waals surface area contributed by atoms with Crippen molar-refractivity contribution in [1.29, 1.82) is 0 Å². The van der Waals surface area contributed by atoms with Crippen molar-refractivity contribution < 1.29 is 13.2 Å². The lowest BCUT2D eigenvalue weighted by Crippen LogP contribution is -2.40. The molecule has 1 aliphatic rings. The molecule has 106 valence electrons. The van der Waals surface area contributed by atoms with E-state index in [0.29, 0.717) is 5.69 Å². The average molecular weight is 310 g/mol. The minimum absolute atomic E-state index is 0.124. The highest BCUT2D eigenvalue weighted by atomic mass is 35.5. The summed E-state index contributed by atoms with van der Waals surface area (Å²) in [6, 6.07) is 4.70. The van der Waals surface area contributed by atoms with Crippen molar-refractivity contribution in [3.8, 4) is 0 Å². The number of hydrogen-bond acceptors (Lipinski definition) is 2. The van der Waals surface area contributed by atoms with Gasteiger partial charge in [0.15, 0.2) is 0 Å². The van der Waals surface area contributed by atoms with Gasteiger partial charge < -0.3 is 4.90 Å². The minimum atomic E-state index is -4.35. The quantitative estimate of drug-likeness (QED) is 0.746. The highest BCUT2D eigenvalue weighted by Gasteiger charge is 2.34. The number of anilines is 1. The lowest BCUT2D eigenvalue weighted by Gasteiger charge is -2.35. The molecule has 0 aliphatic carbocycles. The number of nitrogens with zero attached hydrogens (tertiary/aromatic N) is 1. The Morgan fingerprint density at radius 1 is 1.42 bits per heavy atom. The van der Waals surface area contributed by atoms with Gasteiger partial charge in [-0.05, 0) is 24.6 Å². The number of thioether (sulfide) groups is 1. The van der Waals surface area contributed by atoms with Gasteiger partial charge >= 0.3 is 6.18 Å². The molecule has 0 saturated carbocycles. The van der Waals surface area contributed by atoms with Crippen LogP contribution in [-0.4, -0.2) is 24.1 Å². The summed E-state index contributed by atoms with van der Waals surface area (Å²) in [5.74, 6) is 1.77. The van der Waals surface area contributed by atoms with E-state index in [1.54, 1.807) is 6.07 Å². The Labute approximate surface area is 120 Å². The molecule has 1 unspecified atom stereocenters. The van der Waals surface area contributed by atoms with Gasteiger partial charge in [0.25, 0.3) is 0 Å². The fraction of sp³-hybridized carbons (Fsp3) is 0.538. The van der Waals surface area contributed by atoms with Crippen LogP contribution in [0.2, 0.25) is 0 Å². The first-order valence-corrected chi connectivity index (χ1v) is 7.73. The van der Waals surface area contributed by atoms with Crippen molar-refractivity contribution in [3.63, 3.8) is 0 Å².